The van der Waals surface area contributed by atoms with Gasteiger partial charge < -0.3 is 26.2 Å². The predicted molar refractivity (Wildman–Crippen MR) is 112 cm³/mol. The number of morpholine rings is 1. The summed E-state index contributed by atoms with van der Waals surface area (Å²) >= 11 is 1.11. The number of amidine groups is 1. The molecule has 1 unspecified atom stereocenters. The summed E-state index contributed by atoms with van der Waals surface area (Å²) in [4.78, 5) is 2.07. The lowest BCUT2D eigenvalue weighted by Gasteiger charge is -2.35. The molecule has 1 aliphatic rings. The predicted octanol–water partition coefficient (Wildman–Crippen LogP) is -2.44. The molecule has 14 heteroatoms. The third kappa shape index (κ3) is 6.16. The molecule has 1 atom stereocenters. The van der Waals surface area contributed by atoms with Crippen LogP contribution in [0.5, 0.6) is 0 Å². The molecule has 0 radical (unpaired) electrons. The average Bonchev–Trinajstić information content (AvgIpc) is 2.70. The summed E-state index contributed by atoms with van der Waals surface area (Å²) in [6, 6.07) is 3.38. The summed E-state index contributed by atoms with van der Waals surface area (Å²) in [5.41, 5.74) is 14.3. The minimum absolute atomic E-state index is 0.134. The Bertz CT molecular complexity index is 821. The zero-order chi connectivity index (χ0) is 21.4. The van der Waals surface area contributed by atoms with Gasteiger partial charge in [-0.1, -0.05) is 0 Å². The lowest BCUT2D eigenvalue weighted by molar-refractivity contribution is 0.00355. The van der Waals surface area contributed by atoms with Gasteiger partial charge in [0.05, 0.1) is 24.9 Å². The summed E-state index contributed by atoms with van der Waals surface area (Å²) in [5, 5.41) is 18.7. The molecule has 1 heterocycles. The van der Waals surface area contributed by atoms with Crippen molar-refractivity contribution in [1.29, 1.82) is 0 Å². The van der Waals surface area contributed by atoms with E-state index in [2.05, 4.69) is 15.4 Å². The minimum Gasteiger partial charge on any atom is -0.394 e. The van der Waals surface area contributed by atoms with Gasteiger partial charge >= 0.3 is 0 Å². The van der Waals surface area contributed by atoms with E-state index in [1.165, 1.54) is 0 Å². The van der Waals surface area contributed by atoms with Crippen LogP contribution >= 0.6 is 11.9 Å². The maximum Gasteiger partial charge on any atom is 0.240 e. The van der Waals surface area contributed by atoms with E-state index in [-0.39, 0.29) is 22.9 Å². The fourth-order valence-corrected chi connectivity index (χ4v) is 4.95. The van der Waals surface area contributed by atoms with Gasteiger partial charge in [0.1, 0.15) is 4.90 Å². The Labute approximate surface area is 174 Å². The van der Waals surface area contributed by atoms with Crippen LogP contribution in [-0.4, -0.2) is 64.9 Å². The highest BCUT2D eigenvalue weighted by atomic mass is 32.2. The number of rotatable bonds is 10. The van der Waals surface area contributed by atoms with E-state index in [0.29, 0.717) is 43.4 Å². The number of sulfonamides is 1. The summed E-state index contributed by atoms with van der Waals surface area (Å²) in [6.45, 7) is 2.10. The number of aliphatic hydroxyl groups excluding tert-OH is 1. The standard InChI is InChI=1S/C15H28N8O4S2/c16-4-1-5-20-28-12-3-2-11(23-6-7-27-10(8-23)9-24)13(15(17)21-22-18)14(12)29(19,25)26/h2-3,10,20,22,24H,1,4-9,16,18H2,(H2,17,21)(H2,19,25,26). The number of ether oxygens (including phenoxy) is 1. The Morgan fingerprint density at radius 3 is 2.83 bits per heavy atom. The second kappa shape index (κ2) is 10.9. The highest BCUT2D eigenvalue weighted by molar-refractivity contribution is 7.98. The molecule has 0 saturated carbocycles. The van der Waals surface area contributed by atoms with Crippen molar-refractivity contribution in [2.45, 2.75) is 22.3 Å². The Hall–Kier alpha value is -1.65. The van der Waals surface area contributed by atoms with Crippen molar-refractivity contribution < 1.29 is 18.3 Å². The van der Waals surface area contributed by atoms with Crippen LogP contribution in [0.1, 0.15) is 12.0 Å². The fraction of sp³-hybridized carbons (Fsp3) is 0.533. The summed E-state index contributed by atoms with van der Waals surface area (Å²) in [6.07, 6.45) is 0.312. The molecule has 1 fully saturated rings. The molecule has 29 heavy (non-hydrogen) atoms. The Kier molecular flexibility index (Phi) is 8.91. The first-order chi connectivity index (χ1) is 13.8. The summed E-state index contributed by atoms with van der Waals surface area (Å²) in [5.74, 6) is 5.12. The van der Waals surface area contributed by atoms with Crippen molar-refractivity contribution in [3.63, 3.8) is 0 Å². The number of primary sulfonamides is 1. The fourth-order valence-electron chi connectivity index (χ4n) is 2.90. The Morgan fingerprint density at radius 2 is 2.21 bits per heavy atom. The second-order valence-corrected chi connectivity index (χ2v) is 8.65. The lowest BCUT2D eigenvalue weighted by atomic mass is 10.1. The number of hydrazone groups is 1. The van der Waals surface area contributed by atoms with Crippen LogP contribution in [0.2, 0.25) is 0 Å². The zero-order valence-electron chi connectivity index (χ0n) is 15.9. The Morgan fingerprint density at radius 1 is 1.45 bits per heavy atom. The number of anilines is 1. The molecule has 0 spiro atoms. The number of nitrogens with one attached hydrogen (secondary N) is 2. The molecular weight excluding hydrogens is 420 g/mol. The maximum atomic E-state index is 12.5. The number of benzene rings is 1. The van der Waals surface area contributed by atoms with Crippen LogP contribution in [0, 0.1) is 0 Å². The van der Waals surface area contributed by atoms with Crippen LogP contribution in [-0.2, 0) is 14.8 Å². The lowest BCUT2D eigenvalue weighted by Crippen LogP contribution is -2.45. The summed E-state index contributed by atoms with van der Waals surface area (Å²) in [7, 11) is -4.17. The molecule has 1 saturated heterocycles. The van der Waals surface area contributed by atoms with Crippen LogP contribution in [0.15, 0.2) is 27.0 Å². The van der Waals surface area contributed by atoms with Gasteiger partial charge in [-0.25, -0.2) is 24.9 Å². The summed E-state index contributed by atoms with van der Waals surface area (Å²) < 4.78 is 33.5. The molecule has 0 aromatic heterocycles. The first-order valence-electron chi connectivity index (χ1n) is 8.89. The van der Waals surface area contributed by atoms with Crippen LogP contribution in [0.3, 0.4) is 0 Å². The normalized spacial score (nSPS) is 18.1. The molecule has 11 N–H and O–H groups in total. The number of aliphatic hydroxyl groups is 1. The Balaban J connectivity index is 2.57. The van der Waals surface area contributed by atoms with Gasteiger partial charge in [-0.2, -0.15) is 0 Å². The smallest absolute Gasteiger partial charge is 0.240 e. The van der Waals surface area contributed by atoms with E-state index in [0.717, 1.165) is 18.4 Å². The van der Waals surface area contributed by atoms with Gasteiger partial charge in [0.25, 0.3) is 0 Å². The number of nitrogens with two attached hydrogens (primary N) is 4. The second-order valence-electron chi connectivity index (χ2n) is 6.22. The molecule has 0 aliphatic carbocycles. The third-order valence-corrected chi connectivity index (χ3v) is 6.20. The molecule has 1 aromatic carbocycles. The van der Waals surface area contributed by atoms with Crippen LogP contribution in [0.4, 0.5) is 5.69 Å². The van der Waals surface area contributed by atoms with Crippen molar-refractivity contribution in [2.75, 3.05) is 44.3 Å². The number of hydrogen-bond acceptors (Lipinski definition) is 11. The molecule has 1 aliphatic heterocycles. The topological polar surface area (TPSA) is 207 Å². The van der Waals surface area contributed by atoms with Crippen molar-refractivity contribution in [1.82, 2.24) is 10.3 Å². The van der Waals surface area contributed by atoms with E-state index in [9.17, 15) is 13.5 Å². The van der Waals surface area contributed by atoms with Gasteiger partial charge in [0.2, 0.25) is 10.0 Å². The SMILES string of the molecule is NCCCNSc1ccc(N2CCOC(CO)C2)c(/C(N)=N/NN)c1S(N)(=O)=O. The molecule has 0 bridgehead atoms. The van der Waals surface area contributed by atoms with Crippen molar-refractivity contribution in [3.05, 3.63) is 17.7 Å². The van der Waals surface area contributed by atoms with Crippen molar-refractivity contribution in [2.24, 2.45) is 27.6 Å². The maximum absolute atomic E-state index is 12.5. The first kappa shape index (κ1) is 23.6. The first-order valence-corrected chi connectivity index (χ1v) is 11.3. The van der Waals surface area contributed by atoms with Gasteiger partial charge in [-0.05, 0) is 37.0 Å². The molecular formula is C15H28N8O4S2. The molecule has 164 valence electrons. The van der Waals surface area contributed by atoms with Gasteiger partial charge in [-0.3, -0.25) is 4.72 Å². The van der Waals surface area contributed by atoms with Crippen molar-refractivity contribution in [3.8, 4) is 0 Å². The average molecular weight is 449 g/mol. The minimum atomic E-state index is -4.17. The van der Waals surface area contributed by atoms with Crippen LogP contribution < -0.4 is 37.6 Å². The van der Waals surface area contributed by atoms with E-state index < -0.39 is 16.1 Å². The van der Waals surface area contributed by atoms with E-state index in [1.807, 2.05) is 4.90 Å². The molecule has 1 aromatic rings. The van der Waals surface area contributed by atoms with Gasteiger partial charge in [0, 0.05) is 30.2 Å². The highest BCUT2D eigenvalue weighted by Gasteiger charge is 2.29. The van der Waals surface area contributed by atoms with Gasteiger partial charge in [-0.15, -0.1) is 5.10 Å². The molecule has 2 rings (SSSR count). The largest absolute Gasteiger partial charge is 0.394 e. The third-order valence-electron chi connectivity index (χ3n) is 4.17. The molecule has 12 nitrogen and oxygen atoms in total. The quantitative estimate of drug-likeness (QED) is 0.0499. The monoisotopic (exact) mass is 448 g/mol. The number of nitrogens with zero attached hydrogens (tertiary/aromatic N) is 2. The van der Waals surface area contributed by atoms with E-state index in [1.54, 1.807) is 12.1 Å². The van der Waals surface area contributed by atoms with Crippen LogP contribution in [0.25, 0.3) is 0 Å². The van der Waals surface area contributed by atoms with Crippen molar-refractivity contribution >= 4 is 33.5 Å². The molecule has 0 amide bonds. The number of hydrogen-bond donors (Lipinski definition) is 7. The van der Waals surface area contributed by atoms with E-state index >= 15 is 0 Å². The number of hydrazine groups is 1. The van der Waals surface area contributed by atoms with Gasteiger partial charge in [0.15, 0.2) is 5.84 Å². The highest BCUT2D eigenvalue weighted by Crippen LogP contribution is 2.34. The van der Waals surface area contributed by atoms with E-state index in [4.69, 9.17) is 27.2 Å². The zero-order valence-corrected chi connectivity index (χ0v) is 17.5.